The summed E-state index contributed by atoms with van der Waals surface area (Å²) in [6.45, 7) is 2.37. The highest BCUT2D eigenvalue weighted by Gasteiger charge is 2.37. The summed E-state index contributed by atoms with van der Waals surface area (Å²) in [6.07, 6.45) is -3.64. The van der Waals surface area contributed by atoms with E-state index in [0.717, 1.165) is 6.92 Å². The molecule has 0 aromatic carbocycles. The van der Waals surface area contributed by atoms with Crippen LogP contribution >= 0.6 is 16.5 Å². The lowest BCUT2D eigenvalue weighted by atomic mass is 10.1. The van der Waals surface area contributed by atoms with E-state index in [2.05, 4.69) is 13.8 Å². The SMILES string of the molecule is CCOC(=O)[C@H](O[PH](=O)O)[C@@H](O[PH](=O)O)C(C)=O. The second-order valence-corrected chi connectivity index (χ2v) is 4.51. The third-order valence-corrected chi connectivity index (χ3v) is 2.56. The van der Waals surface area contributed by atoms with E-state index in [1.54, 1.807) is 0 Å². The number of carbonyl (C=O) groups excluding carboxylic acids is 2. The van der Waals surface area contributed by atoms with Crippen molar-refractivity contribution in [3.8, 4) is 0 Å². The minimum atomic E-state index is -3.56. The van der Waals surface area contributed by atoms with Gasteiger partial charge in [0.25, 0.3) is 0 Å². The number of carbonyl (C=O) groups is 2. The molecule has 0 amide bonds. The Morgan fingerprint density at radius 1 is 1.11 bits per heavy atom. The van der Waals surface area contributed by atoms with Gasteiger partial charge in [-0.25, -0.2) is 4.79 Å². The highest BCUT2D eigenvalue weighted by Crippen LogP contribution is 2.27. The van der Waals surface area contributed by atoms with Crippen molar-refractivity contribution in [2.75, 3.05) is 6.61 Å². The molecule has 2 N–H and O–H groups in total. The van der Waals surface area contributed by atoms with E-state index in [-0.39, 0.29) is 6.61 Å². The Balaban J connectivity index is 5.08. The van der Waals surface area contributed by atoms with Crippen molar-refractivity contribution in [1.29, 1.82) is 0 Å². The van der Waals surface area contributed by atoms with E-state index in [1.807, 2.05) is 0 Å². The Labute approximate surface area is 104 Å². The Morgan fingerprint density at radius 3 is 1.89 bits per heavy atom. The molecule has 0 bridgehead atoms. The Bertz CT molecular complexity index is 355. The van der Waals surface area contributed by atoms with Gasteiger partial charge in [0.05, 0.1) is 6.61 Å². The molecule has 0 aromatic rings. The van der Waals surface area contributed by atoms with Crippen molar-refractivity contribution in [3.05, 3.63) is 0 Å². The maximum atomic E-state index is 11.4. The molecule has 11 heteroatoms. The number of ether oxygens (including phenoxy) is 1. The predicted molar refractivity (Wildman–Crippen MR) is 59.5 cm³/mol. The maximum absolute atomic E-state index is 11.4. The fourth-order valence-corrected chi connectivity index (χ4v) is 1.98. The summed E-state index contributed by atoms with van der Waals surface area (Å²) in [5, 5.41) is 0. The molecule has 106 valence electrons. The van der Waals surface area contributed by atoms with Crippen molar-refractivity contribution in [2.24, 2.45) is 0 Å². The third-order valence-electron chi connectivity index (χ3n) is 1.65. The lowest BCUT2D eigenvalue weighted by molar-refractivity contribution is -0.159. The predicted octanol–water partition coefficient (Wildman–Crippen LogP) is -0.327. The van der Waals surface area contributed by atoms with Crippen LogP contribution in [0.4, 0.5) is 0 Å². The van der Waals surface area contributed by atoms with Crippen molar-refractivity contribution < 1.29 is 42.3 Å². The van der Waals surface area contributed by atoms with Crippen LogP contribution in [0, 0.1) is 0 Å². The van der Waals surface area contributed by atoms with Gasteiger partial charge in [0.2, 0.25) is 0 Å². The highest BCUT2D eigenvalue weighted by molar-refractivity contribution is 7.32. The minimum Gasteiger partial charge on any atom is -0.464 e. The van der Waals surface area contributed by atoms with Gasteiger partial charge in [0.1, 0.15) is 0 Å². The van der Waals surface area contributed by atoms with Crippen LogP contribution in [0.3, 0.4) is 0 Å². The van der Waals surface area contributed by atoms with Crippen molar-refractivity contribution >= 4 is 28.3 Å². The molecular formula is C7H14O9P2. The van der Waals surface area contributed by atoms with Gasteiger partial charge in [-0.3, -0.25) is 23.0 Å². The molecule has 0 saturated carbocycles. The molecule has 2 unspecified atom stereocenters. The Morgan fingerprint density at radius 2 is 1.56 bits per heavy atom. The lowest BCUT2D eigenvalue weighted by Gasteiger charge is -2.21. The molecule has 0 aliphatic heterocycles. The van der Waals surface area contributed by atoms with Crippen LogP contribution < -0.4 is 0 Å². The molecule has 0 heterocycles. The molecule has 0 aromatic heterocycles. The zero-order valence-corrected chi connectivity index (χ0v) is 11.6. The molecule has 18 heavy (non-hydrogen) atoms. The van der Waals surface area contributed by atoms with Gasteiger partial charge in [0, 0.05) is 0 Å². The zero-order valence-electron chi connectivity index (χ0n) is 9.61. The van der Waals surface area contributed by atoms with Crippen LogP contribution in [-0.4, -0.2) is 40.4 Å². The first kappa shape index (κ1) is 17.4. The van der Waals surface area contributed by atoms with E-state index < -0.39 is 40.5 Å². The van der Waals surface area contributed by atoms with Gasteiger partial charge in [-0.05, 0) is 13.8 Å². The van der Waals surface area contributed by atoms with Gasteiger partial charge in [0.15, 0.2) is 18.0 Å². The molecule has 0 spiro atoms. The van der Waals surface area contributed by atoms with Crippen LogP contribution in [0.1, 0.15) is 13.8 Å². The average molecular weight is 304 g/mol. The first-order chi connectivity index (χ1) is 8.29. The zero-order chi connectivity index (χ0) is 14.3. The van der Waals surface area contributed by atoms with Gasteiger partial charge >= 0.3 is 22.5 Å². The van der Waals surface area contributed by atoms with E-state index in [1.165, 1.54) is 6.92 Å². The molecule has 4 atom stereocenters. The molecule has 0 rings (SSSR count). The standard InChI is InChI=1S/C7H14O9P2/c1-3-14-7(9)6(16-18(12)13)5(4(2)8)15-17(10)11/h5-6,17-18H,3H2,1-2H3,(H,10,11)(H,12,13)/t5-,6+/m0/s1. The normalized spacial score (nSPS) is 17.6. The number of hydrogen-bond acceptors (Lipinski definition) is 7. The summed E-state index contributed by atoms with van der Waals surface area (Å²) in [5.41, 5.74) is 0. The summed E-state index contributed by atoms with van der Waals surface area (Å²) >= 11 is 0. The number of hydrogen-bond donors (Lipinski definition) is 2. The van der Waals surface area contributed by atoms with Crippen LogP contribution in [0.2, 0.25) is 0 Å². The van der Waals surface area contributed by atoms with Gasteiger partial charge in [-0.15, -0.1) is 0 Å². The first-order valence-corrected chi connectivity index (χ1v) is 7.28. The van der Waals surface area contributed by atoms with Crippen LogP contribution in [0.25, 0.3) is 0 Å². The third kappa shape index (κ3) is 6.39. The van der Waals surface area contributed by atoms with E-state index >= 15 is 0 Å². The number of ketones is 1. The van der Waals surface area contributed by atoms with E-state index in [4.69, 9.17) is 9.79 Å². The number of rotatable bonds is 8. The smallest absolute Gasteiger partial charge is 0.339 e. The molecule has 9 nitrogen and oxygen atoms in total. The topological polar surface area (TPSA) is 136 Å². The maximum Gasteiger partial charge on any atom is 0.339 e. The van der Waals surface area contributed by atoms with Crippen molar-refractivity contribution in [3.63, 3.8) is 0 Å². The molecule has 0 aliphatic carbocycles. The van der Waals surface area contributed by atoms with E-state index in [9.17, 15) is 18.7 Å². The van der Waals surface area contributed by atoms with Crippen molar-refractivity contribution in [2.45, 2.75) is 26.1 Å². The highest BCUT2D eigenvalue weighted by atomic mass is 31.1. The Hall–Kier alpha value is -0.560. The molecule has 0 aliphatic rings. The summed E-state index contributed by atoms with van der Waals surface area (Å²) in [7, 11) is -7.10. The second kappa shape index (κ2) is 8.53. The summed E-state index contributed by atoms with van der Waals surface area (Å²) < 4.78 is 34.3. The Kier molecular flexibility index (Phi) is 8.26. The fraction of sp³-hybridized carbons (Fsp3) is 0.714. The average Bonchev–Trinajstić information content (AvgIpc) is 2.22. The molecule has 0 saturated heterocycles. The quantitative estimate of drug-likeness (QED) is 0.456. The second-order valence-electron chi connectivity index (χ2n) is 2.97. The number of esters is 1. The molecule has 0 fully saturated rings. The first-order valence-electron chi connectivity index (χ1n) is 4.75. The van der Waals surface area contributed by atoms with Crippen molar-refractivity contribution in [1.82, 2.24) is 0 Å². The van der Waals surface area contributed by atoms with Crippen LogP contribution in [-0.2, 0) is 32.5 Å². The fourth-order valence-electron chi connectivity index (χ4n) is 1.03. The number of Topliss-reactive ketones (excluding diaryl/α,β-unsaturated/α-hetero) is 1. The van der Waals surface area contributed by atoms with Crippen LogP contribution in [0.5, 0.6) is 0 Å². The van der Waals surface area contributed by atoms with Gasteiger partial charge in [-0.2, -0.15) is 0 Å². The van der Waals surface area contributed by atoms with Gasteiger partial charge in [-0.1, -0.05) is 0 Å². The minimum absolute atomic E-state index is 0.0655. The summed E-state index contributed by atoms with van der Waals surface area (Å²) in [6, 6.07) is 0. The summed E-state index contributed by atoms with van der Waals surface area (Å²) in [4.78, 5) is 39.8. The largest absolute Gasteiger partial charge is 0.464 e. The monoisotopic (exact) mass is 304 g/mol. The summed E-state index contributed by atoms with van der Waals surface area (Å²) in [5.74, 6) is -1.95. The van der Waals surface area contributed by atoms with Crippen LogP contribution in [0.15, 0.2) is 0 Å². The van der Waals surface area contributed by atoms with Gasteiger partial charge < -0.3 is 14.5 Å². The molecular weight excluding hydrogens is 290 g/mol. The lowest BCUT2D eigenvalue weighted by Crippen LogP contribution is -2.41. The van der Waals surface area contributed by atoms with E-state index in [0.29, 0.717) is 0 Å². The molecule has 0 radical (unpaired) electrons.